The van der Waals surface area contributed by atoms with Gasteiger partial charge in [0, 0.05) is 17.5 Å². The molecular formula is C26H32N2O5S. The van der Waals surface area contributed by atoms with Crippen LogP contribution in [0.3, 0.4) is 0 Å². The smallest absolute Gasteiger partial charge is 0.323 e. The van der Waals surface area contributed by atoms with Crippen molar-refractivity contribution in [3.05, 3.63) is 71.8 Å². The largest absolute Gasteiger partial charge is 0.480 e. The molecule has 0 aromatic heterocycles. The highest BCUT2D eigenvalue weighted by atomic mass is 32.2. The highest BCUT2D eigenvalue weighted by Crippen LogP contribution is 2.22. The molecule has 2 aromatic carbocycles. The van der Waals surface area contributed by atoms with Crippen molar-refractivity contribution in [3.8, 4) is 0 Å². The number of esters is 1. The Morgan fingerprint density at radius 2 is 1.74 bits per heavy atom. The lowest BCUT2D eigenvalue weighted by Crippen LogP contribution is -2.55. The van der Waals surface area contributed by atoms with Gasteiger partial charge in [0.05, 0.1) is 12.6 Å². The van der Waals surface area contributed by atoms with Gasteiger partial charge in [0.15, 0.2) is 0 Å². The third kappa shape index (κ3) is 7.60. The summed E-state index contributed by atoms with van der Waals surface area (Å²) in [6.45, 7) is 1.63. The maximum atomic E-state index is 13.5. The van der Waals surface area contributed by atoms with Crippen LogP contribution in [0.5, 0.6) is 0 Å². The standard InChI is InChI=1S/C26H32N2O5S/c1-2-33-26(32)22(14-13-19-9-5-3-6-10-19)27-23-18-34-17-21(15-20-11-7-4-8-12-20)28(25(23)31)16-24(29)30/h3-12,21-23,27H,2,13-18H2,1H3,(H,29,30). The molecule has 1 amide bonds. The van der Waals surface area contributed by atoms with E-state index in [0.717, 1.165) is 11.1 Å². The number of carbonyl (C=O) groups is 3. The third-order valence-corrected chi connectivity index (χ3v) is 6.96. The minimum Gasteiger partial charge on any atom is -0.480 e. The van der Waals surface area contributed by atoms with Gasteiger partial charge in [0.1, 0.15) is 12.6 Å². The summed E-state index contributed by atoms with van der Waals surface area (Å²) >= 11 is 1.60. The third-order valence-electron chi connectivity index (χ3n) is 5.77. The van der Waals surface area contributed by atoms with Gasteiger partial charge in [-0.2, -0.15) is 11.8 Å². The first-order valence-electron chi connectivity index (χ1n) is 11.6. The monoisotopic (exact) mass is 484 g/mol. The number of aliphatic carboxylic acids is 1. The number of carboxylic acids is 1. The molecule has 1 heterocycles. The first kappa shape index (κ1) is 25.8. The van der Waals surface area contributed by atoms with Crippen LogP contribution >= 0.6 is 11.8 Å². The summed E-state index contributed by atoms with van der Waals surface area (Å²) in [5, 5.41) is 12.7. The molecule has 3 unspecified atom stereocenters. The molecule has 0 bridgehead atoms. The van der Waals surface area contributed by atoms with E-state index in [2.05, 4.69) is 5.32 Å². The zero-order valence-electron chi connectivity index (χ0n) is 19.4. The van der Waals surface area contributed by atoms with E-state index >= 15 is 0 Å². The number of amides is 1. The van der Waals surface area contributed by atoms with Crippen LogP contribution in [-0.4, -0.2) is 70.6 Å². The number of nitrogens with zero attached hydrogens (tertiary/aromatic N) is 1. The van der Waals surface area contributed by atoms with Crippen molar-refractivity contribution in [3.63, 3.8) is 0 Å². The van der Waals surface area contributed by atoms with Crippen LogP contribution in [0.15, 0.2) is 60.7 Å². The minimum atomic E-state index is -1.05. The molecule has 1 fully saturated rings. The SMILES string of the molecule is CCOC(=O)C(CCc1ccccc1)NC1CSCC(Cc2ccccc2)N(CC(=O)O)C1=O. The van der Waals surface area contributed by atoms with Gasteiger partial charge in [-0.25, -0.2) is 0 Å². The normalized spacial score (nSPS) is 19.3. The Morgan fingerprint density at radius 3 is 2.35 bits per heavy atom. The second-order valence-corrected chi connectivity index (χ2v) is 9.36. The van der Waals surface area contributed by atoms with Crippen LogP contribution < -0.4 is 5.32 Å². The molecule has 7 nitrogen and oxygen atoms in total. The number of ether oxygens (including phenoxy) is 1. The molecule has 1 aliphatic rings. The fraction of sp³-hybridized carbons (Fsp3) is 0.423. The molecule has 0 spiro atoms. The van der Waals surface area contributed by atoms with E-state index in [1.165, 1.54) is 4.90 Å². The average molecular weight is 485 g/mol. The molecule has 182 valence electrons. The number of benzene rings is 2. The predicted octanol–water partition coefficient (Wildman–Crippen LogP) is 2.78. The predicted molar refractivity (Wildman–Crippen MR) is 133 cm³/mol. The van der Waals surface area contributed by atoms with E-state index in [1.807, 2.05) is 60.7 Å². The number of thioether (sulfide) groups is 1. The van der Waals surface area contributed by atoms with Crippen LogP contribution in [0.2, 0.25) is 0 Å². The molecular weight excluding hydrogens is 452 g/mol. The average Bonchev–Trinajstić information content (AvgIpc) is 2.97. The summed E-state index contributed by atoms with van der Waals surface area (Å²) in [6.07, 6.45) is 1.71. The molecule has 34 heavy (non-hydrogen) atoms. The zero-order valence-corrected chi connectivity index (χ0v) is 20.2. The molecule has 0 radical (unpaired) electrons. The van der Waals surface area contributed by atoms with Gasteiger partial charge >= 0.3 is 11.9 Å². The van der Waals surface area contributed by atoms with Crippen LogP contribution in [0, 0.1) is 0 Å². The van der Waals surface area contributed by atoms with Crippen molar-refractivity contribution in [1.29, 1.82) is 0 Å². The van der Waals surface area contributed by atoms with E-state index in [4.69, 9.17) is 4.74 Å². The van der Waals surface area contributed by atoms with Gasteiger partial charge in [0.25, 0.3) is 0 Å². The maximum Gasteiger partial charge on any atom is 0.323 e. The van der Waals surface area contributed by atoms with E-state index in [-0.39, 0.29) is 25.1 Å². The Morgan fingerprint density at radius 1 is 1.09 bits per heavy atom. The summed E-state index contributed by atoms with van der Waals surface area (Å²) in [6, 6.07) is 18.0. The molecule has 0 aliphatic carbocycles. The fourth-order valence-electron chi connectivity index (χ4n) is 4.10. The number of aryl methyl sites for hydroxylation is 1. The molecule has 0 saturated carbocycles. The first-order chi connectivity index (χ1) is 16.5. The second-order valence-electron chi connectivity index (χ2n) is 8.29. The molecule has 2 N–H and O–H groups in total. The Kier molecular flexibility index (Phi) is 9.97. The van der Waals surface area contributed by atoms with Gasteiger partial charge < -0.3 is 14.7 Å². The number of hydrogen-bond donors (Lipinski definition) is 2. The van der Waals surface area contributed by atoms with Gasteiger partial charge in [-0.05, 0) is 37.3 Å². The Hall–Kier alpha value is -2.84. The molecule has 2 aromatic rings. The Bertz CT molecular complexity index is 941. The summed E-state index contributed by atoms with van der Waals surface area (Å²) < 4.78 is 5.26. The van der Waals surface area contributed by atoms with Crippen LogP contribution in [0.25, 0.3) is 0 Å². The summed E-state index contributed by atoms with van der Waals surface area (Å²) in [7, 11) is 0. The van der Waals surface area contributed by atoms with Crippen LogP contribution in [0.1, 0.15) is 24.5 Å². The van der Waals surface area contributed by atoms with E-state index in [0.29, 0.717) is 30.8 Å². The molecule has 3 rings (SSSR count). The minimum absolute atomic E-state index is 0.242. The topological polar surface area (TPSA) is 95.9 Å². The highest BCUT2D eigenvalue weighted by molar-refractivity contribution is 7.99. The summed E-state index contributed by atoms with van der Waals surface area (Å²) in [4.78, 5) is 39.3. The molecule has 1 saturated heterocycles. The van der Waals surface area contributed by atoms with E-state index in [9.17, 15) is 19.5 Å². The van der Waals surface area contributed by atoms with Crippen LogP contribution in [0.4, 0.5) is 0 Å². The maximum absolute atomic E-state index is 13.5. The van der Waals surface area contributed by atoms with Gasteiger partial charge in [0.2, 0.25) is 5.91 Å². The summed E-state index contributed by atoms with van der Waals surface area (Å²) in [5.74, 6) is -0.654. The van der Waals surface area contributed by atoms with Crippen molar-refractivity contribution < 1.29 is 24.2 Å². The summed E-state index contributed by atoms with van der Waals surface area (Å²) in [5.41, 5.74) is 2.14. The first-order valence-corrected chi connectivity index (χ1v) is 12.7. The molecule has 1 aliphatic heterocycles. The van der Waals surface area contributed by atoms with Crippen molar-refractivity contribution in [1.82, 2.24) is 10.2 Å². The highest BCUT2D eigenvalue weighted by Gasteiger charge is 2.36. The van der Waals surface area contributed by atoms with E-state index < -0.39 is 24.0 Å². The van der Waals surface area contributed by atoms with Crippen molar-refractivity contribution >= 4 is 29.6 Å². The van der Waals surface area contributed by atoms with Crippen LogP contribution in [-0.2, 0) is 32.0 Å². The lowest BCUT2D eigenvalue weighted by Gasteiger charge is -2.31. The van der Waals surface area contributed by atoms with E-state index in [1.54, 1.807) is 18.7 Å². The van der Waals surface area contributed by atoms with Crippen molar-refractivity contribution in [2.24, 2.45) is 0 Å². The zero-order chi connectivity index (χ0) is 24.3. The molecule has 8 heteroatoms. The number of carbonyl (C=O) groups excluding carboxylic acids is 2. The number of carboxylic acid groups (broad SMARTS) is 1. The molecule has 3 atom stereocenters. The van der Waals surface area contributed by atoms with Crippen molar-refractivity contribution in [2.75, 3.05) is 24.7 Å². The Labute approximate surface area is 204 Å². The van der Waals surface area contributed by atoms with Crippen molar-refractivity contribution in [2.45, 2.75) is 44.3 Å². The fourth-order valence-corrected chi connectivity index (χ4v) is 5.28. The second kappa shape index (κ2) is 13.2. The lowest BCUT2D eigenvalue weighted by atomic mass is 10.0. The Balaban J connectivity index is 1.75. The number of rotatable bonds is 11. The van der Waals surface area contributed by atoms with Gasteiger partial charge in [-0.1, -0.05) is 60.7 Å². The lowest BCUT2D eigenvalue weighted by molar-refractivity contribution is -0.149. The number of hydrogen-bond acceptors (Lipinski definition) is 6. The quantitative estimate of drug-likeness (QED) is 0.474. The van der Waals surface area contributed by atoms with Gasteiger partial charge in [-0.3, -0.25) is 19.7 Å². The van der Waals surface area contributed by atoms with Gasteiger partial charge in [-0.15, -0.1) is 0 Å². The number of nitrogens with one attached hydrogen (secondary N) is 1.